The van der Waals surface area contributed by atoms with Crippen molar-refractivity contribution >= 4 is 44.7 Å². The van der Waals surface area contributed by atoms with Gasteiger partial charge in [0.25, 0.3) is 0 Å². The van der Waals surface area contributed by atoms with E-state index < -0.39 is 0 Å². The molecule has 0 spiro atoms. The van der Waals surface area contributed by atoms with Crippen LogP contribution in [-0.4, -0.2) is 30.0 Å². The molecule has 1 saturated heterocycles. The highest BCUT2D eigenvalue weighted by Crippen LogP contribution is 2.27. The Morgan fingerprint density at radius 3 is 3.00 bits per heavy atom. The molecule has 0 radical (unpaired) electrons. The molecule has 1 aliphatic heterocycles. The zero-order valence-electron chi connectivity index (χ0n) is 9.94. The van der Waals surface area contributed by atoms with Gasteiger partial charge < -0.3 is 16.0 Å². The van der Waals surface area contributed by atoms with E-state index in [-0.39, 0.29) is 11.9 Å². The molecule has 1 aromatic carbocycles. The first-order chi connectivity index (χ1) is 8.50. The third-order valence-electron chi connectivity index (χ3n) is 3.03. The zero-order valence-corrected chi connectivity index (χ0v) is 12.3. The molecular weight excluding hydrogens is 314 g/mol. The quantitative estimate of drug-likeness (QED) is 0.806. The summed E-state index contributed by atoms with van der Waals surface area (Å²) in [4.78, 5) is 14.1. The molecule has 1 aromatic rings. The average molecular weight is 328 g/mol. The van der Waals surface area contributed by atoms with Crippen LogP contribution in [0.15, 0.2) is 22.7 Å². The summed E-state index contributed by atoms with van der Waals surface area (Å²) in [6.07, 6.45) is 0. The number of piperazine rings is 1. The molecule has 3 N–H and O–H groups in total. The number of halogens is 1. The Morgan fingerprint density at radius 1 is 1.61 bits per heavy atom. The summed E-state index contributed by atoms with van der Waals surface area (Å²) in [5.74, 6) is 0.0260. The third-order valence-corrected chi connectivity index (χ3v) is 3.75. The van der Waals surface area contributed by atoms with Gasteiger partial charge in [0.05, 0.1) is 0 Å². The summed E-state index contributed by atoms with van der Waals surface area (Å²) in [5, 5.41) is 2.84. The molecule has 0 saturated carbocycles. The van der Waals surface area contributed by atoms with Crippen molar-refractivity contribution in [1.82, 2.24) is 5.32 Å². The minimum absolute atomic E-state index is 0.0260. The molecule has 1 unspecified atom stereocenters. The summed E-state index contributed by atoms with van der Waals surface area (Å²) in [6.45, 7) is 3.26. The standard InChI is InChI=1S/C12H14BrN3OS/c1-7-12(17)15-4-5-16(7)10-3-2-8(13)6-9(10)11(14)18/h2-3,6-7H,4-5H2,1H3,(H2,14,18)(H,15,17). The van der Waals surface area contributed by atoms with Crippen LogP contribution in [-0.2, 0) is 4.79 Å². The number of nitrogens with one attached hydrogen (secondary N) is 1. The van der Waals surface area contributed by atoms with Gasteiger partial charge in [-0.1, -0.05) is 28.1 Å². The first kappa shape index (κ1) is 13.3. The van der Waals surface area contributed by atoms with Gasteiger partial charge in [0, 0.05) is 28.8 Å². The number of hydrogen-bond donors (Lipinski definition) is 2. The molecule has 6 heteroatoms. The Kier molecular flexibility index (Phi) is 3.87. The van der Waals surface area contributed by atoms with Crippen LogP contribution in [0.1, 0.15) is 12.5 Å². The maximum atomic E-state index is 11.7. The second kappa shape index (κ2) is 5.24. The summed E-state index contributed by atoms with van der Waals surface area (Å²) in [6, 6.07) is 5.54. The van der Waals surface area contributed by atoms with E-state index in [1.54, 1.807) is 0 Å². The highest BCUT2D eigenvalue weighted by atomic mass is 79.9. The van der Waals surface area contributed by atoms with E-state index in [9.17, 15) is 4.79 Å². The second-order valence-corrected chi connectivity index (χ2v) is 5.54. The number of hydrogen-bond acceptors (Lipinski definition) is 3. The molecule has 96 valence electrons. The number of rotatable bonds is 2. The number of thiocarbonyl (C=S) groups is 1. The predicted molar refractivity (Wildman–Crippen MR) is 79.8 cm³/mol. The SMILES string of the molecule is CC1C(=O)NCCN1c1ccc(Br)cc1C(N)=S. The van der Waals surface area contributed by atoms with E-state index in [4.69, 9.17) is 18.0 Å². The highest BCUT2D eigenvalue weighted by molar-refractivity contribution is 9.10. The average Bonchev–Trinajstić information content (AvgIpc) is 2.33. The van der Waals surface area contributed by atoms with Gasteiger partial charge in [0.1, 0.15) is 11.0 Å². The van der Waals surface area contributed by atoms with Crippen molar-refractivity contribution in [3.05, 3.63) is 28.2 Å². The number of carbonyl (C=O) groups is 1. The number of carbonyl (C=O) groups excluding carboxylic acids is 1. The maximum absolute atomic E-state index is 11.7. The van der Waals surface area contributed by atoms with Crippen molar-refractivity contribution in [2.45, 2.75) is 13.0 Å². The van der Waals surface area contributed by atoms with E-state index in [0.717, 1.165) is 22.3 Å². The first-order valence-corrected chi connectivity index (χ1v) is 6.84. The van der Waals surface area contributed by atoms with Crippen molar-refractivity contribution in [2.24, 2.45) is 5.73 Å². The van der Waals surface area contributed by atoms with E-state index >= 15 is 0 Å². The van der Waals surface area contributed by atoms with Gasteiger partial charge in [0.2, 0.25) is 5.91 Å². The Bertz CT molecular complexity index is 506. The fourth-order valence-electron chi connectivity index (χ4n) is 2.07. The lowest BCUT2D eigenvalue weighted by Gasteiger charge is -2.35. The molecule has 1 fully saturated rings. The topological polar surface area (TPSA) is 58.4 Å². The fraction of sp³-hybridized carbons (Fsp3) is 0.333. The fourth-order valence-corrected chi connectivity index (χ4v) is 2.59. The van der Waals surface area contributed by atoms with E-state index in [0.29, 0.717) is 11.5 Å². The van der Waals surface area contributed by atoms with Crippen LogP contribution in [0.25, 0.3) is 0 Å². The van der Waals surface area contributed by atoms with Gasteiger partial charge in [-0.2, -0.15) is 0 Å². The van der Waals surface area contributed by atoms with Crippen LogP contribution in [0.5, 0.6) is 0 Å². The van der Waals surface area contributed by atoms with Crippen LogP contribution >= 0.6 is 28.1 Å². The van der Waals surface area contributed by atoms with Crippen LogP contribution in [0.2, 0.25) is 0 Å². The number of anilines is 1. The van der Waals surface area contributed by atoms with Gasteiger partial charge in [-0.15, -0.1) is 0 Å². The number of nitrogens with zero attached hydrogens (tertiary/aromatic N) is 1. The van der Waals surface area contributed by atoms with E-state index in [1.807, 2.05) is 30.0 Å². The van der Waals surface area contributed by atoms with Gasteiger partial charge in [-0.3, -0.25) is 4.79 Å². The van der Waals surface area contributed by atoms with Gasteiger partial charge in [0.15, 0.2) is 0 Å². The van der Waals surface area contributed by atoms with Crippen LogP contribution in [0.3, 0.4) is 0 Å². The maximum Gasteiger partial charge on any atom is 0.242 e. The lowest BCUT2D eigenvalue weighted by molar-refractivity contribution is -0.122. The van der Waals surface area contributed by atoms with Crippen LogP contribution in [0.4, 0.5) is 5.69 Å². The van der Waals surface area contributed by atoms with Gasteiger partial charge in [-0.25, -0.2) is 0 Å². The summed E-state index contributed by atoms with van der Waals surface area (Å²) in [5.41, 5.74) is 7.46. The smallest absolute Gasteiger partial charge is 0.242 e. The molecular formula is C12H14BrN3OS. The van der Waals surface area contributed by atoms with E-state index in [2.05, 4.69) is 21.2 Å². The molecule has 1 amide bonds. The van der Waals surface area contributed by atoms with Gasteiger partial charge in [-0.05, 0) is 25.1 Å². The molecule has 0 aromatic heterocycles. The monoisotopic (exact) mass is 327 g/mol. The third kappa shape index (κ3) is 2.49. The minimum Gasteiger partial charge on any atom is -0.389 e. The van der Waals surface area contributed by atoms with E-state index in [1.165, 1.54) is 0 Å². The van der Waals surface area contributed by atoms with Gasteiger partial charge >= 0.3 is 0 Å². The zero-order chi connectivity index (χ0) is 13.3. The Morgan fingerprint density at radius 2 is 2.33 bits per heavy atom. The predicted octanol–water partition coefficient (Wildman–Crippen LogP) is 1.41. The summed E-state index contributed by atoms with van der Waals surface area (Å²) >= 11 is 8.48. The largest absolute Gasteiger partial charge is 0.389 e. The molecule has 0 bridgehead atoms. The first-order valence-electron chi connectivity index (χ1n) is 5.64. The minimum atomic E-state index is -0.215. The molecule has 2 rings (SSSR count). The molecule has 0 aliphatic carbocycles. The normalized spacial score (nSPS) is 19.6. The molecule has 1 atom stereocenters. The van der Waals surface area contributed by atoms with Crippen LogP contribution in [0, 0.1) is 0 Å². The van der Waals surface area contributed by atoms with Crippen LogP contribution < -0.4 is 16.0 Å². The highest BCUT2D eigenvalue weighted by Gasteiger charge is 2.27. The molecule has 4 nitrogen and oxygen atoms in total. The molecule has 18 heavy (non-hydrogen) atoms. The summed E-state index contributed by atoms with van der Waals surface area (Å²) in [7, 11) is 0. The van der Waals surface area contributed by atoms with Crippen molar-refractivity contribution in [2.75, 3.05) is 18.0 Å². The second-order valence-electron chi connectivity index (χ2n) is 4.19. The van der Waals surface area contributed by atoms with Crippen molar-refractivity contribution in [3.63, 3.8) is 0 Å². The Balaban J connectivity index is 2.43. The number of nitrogens with two attached hydrogens (primary N) is 1. The van der Waals surface area contributed by atoms with Crippen molar-refractivity contribution < 1.29 is 4.79 Å². The summed E-state index contributed by atoms with van der Waals surface area (Å²) < 4.78 is 0.920. The lowest BCUT2D eigenvalue weighted by Crippen LogP contribution is -2.54. The molecule has 1 aliphatic rings. The Hall–Kier alpha value is -1.14. The number of benzene rings is 1. The Labute approximate surface area is 120 Å². The number of amides is 1. The lowest BCUT2D eigenvalue weighted by atomic mass is 10.1. The van der Waals surface area contributed by atoms with Crippen molar-refractivity contribution in [1.29, 1.82) is 0 Å². The van der Waals surface area contributed by atoms with Crippen molar-refractivity contribution in [3.8, 4) is 0 Å². The molecule has 1 heterocycles.